The van der Waals surface area contributed by atoms with Gasteiger partial charge < -0.3 is 9.79 Å². The Balaban J connectivity index is 2.18. The minimum Gasteiger partial charge on any atom is -0.324 e. The smallest absolute Gasteiger partial charge is 0.324 e. The van der Waals surface area contributed by atoms with Gasteiger partial charge in [0.15, 0.2) is 0 Å². The van der Waals surface area contributed by atoms with Crippen LogP contribution in [0.3, 0.4) is 0 Å². The van der Waals surface area contributed by atoms with E-state index in [9.17, 15) is 4.57 Å². The maximum absolute atomic E-state index is 10.8. The average Bonchev–Trinajstić information content (AvgIpc) is 2.37. The molecule has 0 saturated heterocycles. The summed E-state index contributed by atoms with van der Waals surface area (Å²) in [5, 5.41) is 0. The number of rotatable bonds is 4. The molecule has 0 bridgehead atoms. The van der Waals surface area contributed by atoms with Crippen molar-refractivity contribution in [2.75, 3.05) is 6.16 Å². The van der Waals surface area contributed by atoms with E-state index in [0.717, 1.165) is 11.1 Å². The summed E-state index contributed by atoms with van der Waals surface area (Å²) in [7, 11) is -3.97. The van der Waals surface area contributed by atoms with Crippen LogP contribution in [0.25, 0.3) is 11.1 Å². The van der Waals surface area contributed by atoms with Crippen LogP contribution in [0.5, 0.6) is 0 Å². The number of hydrogen-bond acceptors (Lipinski definition) is 3. The minimum atomic E-state index is -3.97. The maximum atomic E-state index is 10.8. The molecule has 0 aliphatic heterocycles. The van der Waals surface area contributed by atoms with Crippen LogP contribution in [0.1, 0.15) is 5.69 Å². The van der Waals surface area contributed by atoms with Gasteiger partial charge in [0.2, 0.25) is 0 Å². The van der Waals surface area contributed by atoms with Crippen molar-refractivity contribution in [2.24, 2.45) is 0 Å². The molecule has 0 saturated carbocycles. The first-order chi connectivity index (χ1) is 8.54. The molecule has 0 radical (unpaired) electrons. The van der Waals surface area contributed by atoms with Crippen LogP contribution in [0.2, 0.25) is 0 Å². The molecule has 2 aromatic rings. The molecule has 0 aliphatic carbocycles. The van der Waals surface area contributed by atoms with Gasteiger partial charge in [-0.25, -0.2) is 0 Å². The van der Waals surface area contributed by atoms with Crippen LogP contribution in [-0.4, -0.2) is 25.9 Å². The normalized spacial score (nSPS) is 11.4. The molecule has 94 valence electrons. The van der Waals surface area contributed by atoms with Crippen molar-refractivity contribution in [3.63, 3.8) is 0 Å². The Kier molecular flexibility index (Phi) is 3.87. The predicted molar refractivity (Wildman–Crippen MR) is 68.1 cm³/mol. The highest BCUT2D eigenvalue weighted by Gasteiger charge is 2.13. The molecular formula is C12H13N2O3P. The first-order valence-electron chi connectivity index (χ1n) is 5.44. The largest absolute Gasteiger partial charge is 0.325 e. The molecule has 0 aromatic carbocycles. The third-order valence-electron chi connectivity index (χ3n) is 2.49. The van der Waals surface area contributed by atoms with Crippen molar-refractivity contribution in [3.05, 3.63) is 48.5 Å². The molecule has 2 rings (SSSR count). The Morgan fingerprint density at radius 1 is 1.06 bits per heavy atom. The van der Waals surface area contributed by atoms with Gasteiger partial charge in [0, 0.05) is 30.7 Å². The average molecular weight is 264 g/mol. The van der Waals surface area contributed by atoms with Crippen molar-refractivity contribution in [1.82, 2.24) is 9.97 Å². The second-order valence-corrected chi connectivity index (χ2v) is 5.69. The molecule has 0 spiro atoms. The molecule has 2 heterocycles. The second kappa shape index (κ2) is 5.40. The van der Waals surface area contributed by atoms with Crippen molar-refractivity contribution >= 4 is 7.60 Å². The zero-order chi connectivity index (χ0) is 13.0. The molecule has 0 unspecified atom stereocenters. The van der Waals surface area contributed by atoms with E-state index >= 15 is 0 Å². The Bertz CT molecular complexity index is 569. The highest BCUT2D eigenvalue weighted by molar-refractivity contribution is 7.51. The van der Waals surface area contributed by atoms with Crippen molar-refractivity contribution in [3.8, 4) is 11.1 Å². The van der Waals surface area contributed by atoms with E-state index in [2.05, 4.69) is 9.97 Å². The Hall–Kier alpha value is -1.55. The summed E-state index contributed by atoms with van der Waals surface area (Å²) in [5.74, 6) is 0. The first-order valence-corrected chi connectivity index (χ1v) is 7.24. The van der Waals surface area contributed by atoms with Gasteiger partial charge in [-0.1, -0.05) is 0 Å². The second-order valence-electron chi connectivity index (χ2n) is 3.91. The van der Waals surface area contributed by atoms with Crippen molar-refractivity contribution in [2.45, 2.75) is 6.42 Å². The highest BCUT2D eigenvalue weighted by atomic mass is 31.2. The SMILES string of the molecule is O=P(O)(O)CCc1cc(-c2ccncc2)ccn1. The highest BCUT2D eigenvalue weighted by Crippen LogP contribution is 2.34. The fourth-order valence-electron chi connectivity index (χ4n) is 1.60. The third kappa shape index (κ3) is 3.74. The van der Waals surface area contributed by atoms with Gasteiger partial charge in [-0.2, -0.15) is 0 Å². The van der Waals surface area contributed by atoms with Gasteiger partial charge in [0.1, 0.15) is 0 Å². The lowest BCUT2D eigenvalue weighted by Crippen LogP contribution is -1.96. The van der Waals surface area contributed by atoms with Gasteiger partial charge in [0.05, 0.1) is 6.16 Å². The first kappa shape index (κ1) is 12.9. The van der Waals surface area contributed by atoms with Crippen LogP contribution >= 0.6 is 7.60 Å². The molecule has 2 N–H and O–H groups in total. The summed E-state index contributed by atoms with van der Waals surface area (Å²) in [6.07, 6.45) is 5.13. The molecule has 0 fully saturated rings. The molecule has 2 aromatic heterocycles. The molecule has 0 atom stereocenters. The molecule has 0 amide bonds. The number of pyridine rings is 2. The zero-order valence-electron chi connectivity index (χ0n) is 9.60. The van der Waals surface area contributed by atoms with Gasteiger partial charge >= 0.3 is 7.60 Å². The summed E-state index contributed by atoms with van der Waals surface area (Å²) >= 11 is 0. The van der Waals surface area contributed by atoms with Crippen molar-refractivity contribution < 1.29 is 14.4 Å². The van der Waals surface area contributed by atoms with Crippen LogP contribution in [0.4, 0.5) is 0 Å². The molecular weight excluding hydrogens is 251 g/mol. The van der Waals surface area contributed by atoms with Gasteiger partial charge in [-0.3, -0.25) is 14.5 Å². The summed E-state index contributed by atoms with van der Waals surface area (Å²) in [6.45, 7) is 0. The van der Waals surface area contributed by atoms with Gasteiger partial charge in [-0.05, 0) is 35.4 Å². The molecule has 6 heteroatoms. The predicted octanol–water partition coefficient (Wildman–Crippen LogP) is 1.86. The molecule has 0 aliphatic rings. The Morgan fingerprint density at radius 3 is 2.39 bits per heavy atom. The minimum absolute atomic E-state index is 0.181. The third-order valence-corrected chi connectivity index (χ3v) is 3.30. The lowest BCUT2D eigenvalue weighted by atomic mass is 10.1. The Morgan fingerprint density at radius 2 is 1.72 bits per heavy atom. The topological polar surface area (TPSA) is 83.3 Å². The number of aryl methyl sites for hydroxylation is 1. The van der Waals surface area contributed by atoms with E-state index in [1.165, 1.54) is 0 Å². The van der Waals surface area contributed by atoms with Gasteiger partial charge in [-0.15, -0.1) is 0 Å². The van der Waals surface area contributed by atoms with Crippen LogP contribution in [-0.2, 0) is 11.0 Å². The molecule has 18 heavy (non-hydrogen) atoms. The van der Waals surface area contributed by atoms with Crippen LogP contribution in [0, 0.1) is 0 Å². The quantitative estimate of drug-likeness (QED) is 0.823. The molecule has 5 nitrogen and oxygen atoms in total. The van der Waals surface area contributed by atoms with E-state index < -0.39 is 7.60 Å². The van der Waals surface area contributed by atoms with E-state index in [1.807, 2.05) is 24.3 Å². The zero-order valence-corrected chi connectivity index (χ0v) is 10.5. The number of aromatic nitrogens is 2. The van der Waals surface area contributed by atoms with E-state index in [1.54, 1.807) is 18.6 Å². The van der Waals surface area contributed by atoms with Crippen molar-refractivity contribution in [1.29, 1.82) is 0 Å². The fraction of sp³-hybridized carbons (Fsp3) is 0.167. The fourth-order valence-corrected chi connectivity index (χ4v) is 2.12. The van der Waals surface area contributed by atoms with E-state index in [4.69, 9.17) is 9.79 Å². The summed E-state index contributed by atoms with van der Waals surface area (Å²) < 4.78 is 10.8. The van der Waals surface area contributed by atoms with Gasteiger partial charge in [0.25, 0.3) is 0 Å². The van der Waals surface area contributed by atoms with Crippen LogP contribution in [0.15, 0.2) is 42.9 Å². The summed E-state index contributed by atoms with van der Waals surface area (Å²) in [5.41, 5.74) is 2.64. The van der Waals surface area contributed by atoms with Crippen LogP contribution < -0.4 is 0 Å². The number of nitrogens with zero attached hydrogens (tertiary/aromatic N) is 2. The lowest BCUT2D eigenvalue weighted by Gasteiger charge is -2.05. The standard InChI is InChI=1S/C12H13N2O3P/c15-18(16,17)8-4-12-9-11(3-7-14-12)10-1-5-13-6-2-10/h1-3,5-7,9H,4,8H2,(H2,15,16,17). The summed E-state index contributed by atoms with van der Waals surface area (Å²) in [4.78, 5) is 25.7. The summed E-state index contributed by atoms with van der Waals surface area (Å²) in [6, 6.07) is 7.45. The monoisotopic (exact) mass is 264 g/mol. The maximum Gasteiger partial charge on any atom is 0.325 e. The Labute approximate surface area is 105 Å². The van der Waals surface area contributed by atoms with E-state index in [-0.39, 0.29) is 12.6 Å². The van der Waals surface area contributed by atoms with E-state index in [0.29, 0.717) is 5.69 Å². The number of hydrogen-bond donors (Lipinski definition) is 2. The lowest BCUT2D eigenvalue weighted by molar-refractivity contribution is 0.373.